The fourth-order valence-corrected chi connectivity index (χ4v) is 1.82. The van der Waals surface area contributed by atoms with Crippen molar-refractivity contribution in [3.63, 3.8) is 0 Å². The maximum absolute atomic E-state index is 11.8. The lowest BCUT2D eigenvalue weighted by Crippen LogP contribution is -2.21. The van der Waals surface area contributed by atoms with Crippen molar-refractivity contribution in [1.82, 2.24) is 0 Å². The van der Waals surface area contributed by atoms with Crippen LogP contribution in [0.15, 0.2) is 47.6 Å². The third-order valence-corrected chi connectivity index (χ3v) is 2.76. The summed E-state index contributed by atoms with van der Waals surface area (Å²) in [5.41, 5.74) is 8.86. The summed E-state index contributed by atoms with van der Waals surface area (Å²) in [6, 6.07) is 8.76. The Hall–Kier alpha value is -2.26. The number of benzene rings is 1. The van der Waals surface area contributed by atoms with Gasteiger partial charge in [-0.3, -0.25) is 0 Å². The number of hydrogen-bond acceptors (Lipinski definition) is 3. The monoisotopic (exact) mass is 243 g/mol. The highest BCUT2D eigenvalue weighted by Gasteiger charge is 2.18. The Morgan fingerprint density at radius 1 is 1.28 bits per heavy atom. The van der Waals surface area contributed by atoms with Gasteiger partial charge < -0.3 is 4.74 Å². The highest BCUT2D eigenvalue weighted by Crippen LogP contribution is 2.18. The van der Waals surface area contributed by atoms with Gasteiger partial charge in [-0.2, -0.15) is 0 Å². The summed E-state index contributed by atoms with van der Waals surface area (Å²) in [5.74, 6) is -0.326. The molecule has 0 fully saturated rings. The summed E-state index contributed by atoms with van der Waals surface area (Å²) in [5, 5.41) is 3.61. The molecule has 0 saturated carbocycles. The van der Waals surface area contributed by atoms with Crippen LogP contribution in [0.1, 0.15) is 23.2 Å². The van der Waals surface area contributed by atoms with Crippen molar-refractivity contribution in [2.45, 2.75) is 25.0 Å². The van der Waals surface area contributed by atoms with Crippen molar-refractivity contribution < 1.29 is 9.53 Å². The maximum Gasteiger partial charge on any atom is 0.338 e. The first-order valence-corrected chi connectivity index (χ1v) is 5.78. The van der Waals surface area contributed by atoms with Gasteiger partial charge in [0.15, 0.2) is 0 Å². The molecule has 0 radical (unpaired) electrons. The van der Waals surface area contributed by atoms with E-state index in [1.54, 1.807) is 36.4 Å². The molecule has 1 aliphatic rings. The van der Waals surface area contributed by atoms with E-state index >= 15 is 0 Å². The maximum atomic E-state index is 11.8. The minimum atomic E-state index is -0.326. The van der Waals surface area contributed by atoms with Crippen LogP contribution in [-0.4, -0.2) is 18.1 Å². The smallest absolute Gasteiger partial charge is 0.338 e. The topological polar surface area (TPSA) is 75.1 Å². The second kappa shape index (κ2) is 5.89. The molecule has 0 spiro atoms. The number of nitrogens with zero attached hydrogens (tertiary/aromatic N) is 3. The van der Waals surface area contributed by atoms with Gasteiger partial charge in [-0.15, -0.1) is 0 Å². The minimum absolute atomic E-state index is 0.123. The molecule has 0 unspecified atom stereocenters. The fraction of sp³-hybridized carbons (Fsp3) is 0.308. The Kier molecular flexibility index (Phi) is 3.99. The van der Waals surface area contributed by atoms with E-state index < -0.39 is 0 Å². The SMILES string of the molecule is [N-]=[N+]=N[C@@H]1C=C[C@H](OC(=O)c2ccccc2)CC1. The molecule has 1 aliphatic carbocycles. The van der Waals surface area contributed by atoms with Crippen molar-refractivity contribution in [2.24, 2.45) is 5.11 Å². The van der Waals surface area contributed by atoms with Crippen molar-refractivity contribution in [3.8, 4) is 0 Å². The van der Waals surface area contributed by atoms with Crippen LogP contribution >= 0.6 is 0 Å². The van der Waals surface area contributed by atoms with Crippen molar-refractivity contribution in [2.75, 3.05) is 0 Å². The number of azide groups is 1. The Bertz CT molecular complexity index is 492. The van der Waals surface area contributed by atoms with Crippen molar-refractivity contribution in [1.29, 1.82) is 0 Å². The highest BCUT2D eigenvalue weighted by molar-refractivity contribution is 5.89. The van der Waals surface area contributed by atoms with E-state index in [-0.39, 0.29) is 18.1 Å². The predicted octanol–water partition coefficient (Wildman–Crippen LogP) is 3.24. The van der Waals surface area contributed by atoms with Crippen LogP contribution in [0, 0.1) is 0 Å². The number of ether oxygens (including phenoxy) is 1. The summed E-state index contributed by atoms with van der Waals surface area (Å²) in [7, 11) is 0. The highest BCUT2D eigenvalue weighted by atomic mass is 16.5. The molecule has 1 aromatic carbocycles. The average molecular weight is 243 g/mol. The lowest BCUT2D eigenvalue weighted by atomic mass is 10.0. The molecule has 0 amide bonds. The third-order valence-electron chi connectivity index (χ3n) is 2.76. The normalized spacial score (nSPS) is 22.0. The molecule has 1 aromatic rings. The average Bonchev–Trinajstić information content (AvgIpc) is 2.42. The molecule has 92 valence electrons. The zero-order chi connectivity index (χ0) is 12.8. The van der Waals surface area contributed by atoms with E-state index in [2.05, 4.69) is 10.0 Å². The quantitative estimate of drug-likeness (QED) is 0.268. The predicted molar refractivity (Wildman–Crippen MR) is 67.0 cm³/mol. The van der Waals surface area contributed by atoms with Gasteiger partial charge in [0.05, 0.1) is 11.6 Å². The first-order valence-electron chi connectivity index (χ1n) is 5.78. The van der Waals surface area contributed by atoms with Gasteiger partial charge in [-0.1, -0.05) is 29.4 Å². The van der Waals surface area contributed by atoms with E-state index in [0.717, 1.165) is 0 Å². The van der Waals surface area contributed by atoms with Crippen LogP contribution in [0.5, 0.6) is 0 Å². The van der Waals surface area contributed by atoms with Gasteiger partial charge in [-0.25, -0.2) is 4.79 Å². The van der Waals surface area contributed by atoms with Gasteiger partial charge >= 0.3 is 5.97 Å². The van der Waals surface area contributed by atoms with Crippen molar-refractivity contribution >= 4 is 5.97 Å². The molecule has 0 saturated heterocycles. The largest absolute Gasteiger partial charge is 0.455 e. The second-order valence-electron chi connectivity index (χ2n) is 4.04. The van der Waals surface area contributed by atoms with E-state index in [0.29, 0.717) is 18.4 Å². The minimum Gasteiger partial charge on any atom is -0.455 e. The summed E-state index contributed by atoms with van der Waals surface area (Å²) in [6.07, 6.45) is 4.71. The van der Waals surface area contributed by atoms with Gasteiger partial charge in [0.1, 0.15) is 6.10 Å². The van der Waals surface area contributed by atoms with E-state index in [9.17, 15) is 4.79 Å². The van der Waals surface area contributed by atoms with E-state index in [1.165, 1.54) is 0 Å². The summed E-state index contributed by atoms with van der Waals surface area (Å²) in [6.45, 7) is 0. The molecule has 2 rings (SSSR count). The molecule has 5 heteroatoms. The van der Waals surface area contributed by atoms with Crippen LogP contribution in [-0.2, 0) is 4.74 Å². The molecular formula is C13H13N3O2. The fourth-order valence-electron chi connectivity index (χ4n) is 1.82. The summed E-state index contributed by atoms with van der Waals surface area (Å²) < 4.78 is 5.34. The number of carbonyl (C=O) groups is 1. The number of carbonyl (C=O) groups excluding carboxylic acids is 1. The van der Waals surface area contributed by atoms with Gasteiger partial charge in [-0.05, 0) is 36.6 Å². The van der Waals surface area contributed by atoms with E-state index in [4.69, 9.17) is 10.3 Å². The van der Waals surface area contributed by atoms with Gasteiger partial charge in [0, 0.05) is 4.91 Å². The first-order chi connectivity index (χ1) is 8.79. The van der Waals surface area contributed by atoms with Crippen LogP contribution < -0.4 is 0 Å². The van der Waals surface area contributed by atoms with Crippen molar-refractivity contribution in [3.05, 3.63) is 58.5 Å². The Labute approximate surface area is 105 Å². The Morgan fingerprint density at radius 2 is 2.06 bits per heavy atom. The lowest BCUT2D eigenvalue weighted by Gasteiger charge is -2.20. The second-order valence-corrected chi connectivity index (χ2v) is 4.04. The van der Waals surface area contributed by atoms with E-state index in [1.807, 2.05) is 6.07 Å². The molecule has 18 heavy (non-hydrogen) atoms. The molecule has 0 aliphatic heterocycles. The van der Waals surface area contributed by atoms with Crippen LogP contribution in [0.3, 0.4) is 0 Å². The van der Waals surface area contributed by atoms with Crippen LogP contribution in [0.4, 0.5) is 0 Å². The molecule has 0 aromatic heterocycles. The zero-order valence-electron chi connectivity index (χ0n) is 9.77. The van der Waals surface area contributed by atoms with Crippen LogP contribution in [0.25, 0.3) is 10.4 Å². The van der Waals surface area contributed by atoms with Gasteiger partial charge in [0.2, 0.25) is 0 Å². The molecule has 0 heterocycles. The number of rotatable bonds is 3. The van der Waals surface area contributed by atoms with Gasteiger partial charge in [0.25, 0.3) is 0 Å². The molecular weight excluding hydrogens is 230 g/mol. The number of esters is 1. The number of hydrogen-bond donors (Lipinski definition) is 0. The standard InChI is InChI=1S/C13H13N3O2/c14-16-15-11-6-8-12(9-7-11)18-13(17)10-4-2-1-3-5-10/h1-6,8,11-12H,7,9H2/t11-,12+/m1/s1. The summed E-state index contributed by atoms with van der Waals surface area (Å²) in [4.78, 5) is 14.5. The molecule has 0 bridgehead atoms. The molecule has 5 nitrogen and oxygen atoms in total. The van der Waals surface area contributed by atoms with Crippen LogP contribution in [0.2, 0.25) is 0 Å². The third kappa shape index (κ3) is 3.12. The molecule has 0 N–H and O–H groups in total. The lowest BCUT2D eigenvalue weighted by molar-refractivity contribution is 0.0367. The Morgan fingerprint density at radius 3 is 2.67 bits per heavy atom. The molecule has 2 atom stereocenters. The Balaban J connectivity index is 1.94. The summed E-state index contributed by atoms with van der Waals surface area (Å²) >= 11 is 0. The first kappa shape index (κ1) is 12.2. The zero-order valence-corrected chi connectivity index (χ0v) is 9.77.